The summed E-state index contributed by atoms with van der Waals surface area (Å²) >= 11 is 1.34. The number of thiophene rings is 1. The Morgan fingerprint density at radius 3 is 2.75 bits per heavy atom. The predicted molar refractivity (Wildman–Crippen MR) is 100 cm³/mol. The van der Waals surface area contributed by atoms with Gasteiger partial charge in [-0.05, 0) is 54.1 Å². The normalized spacial score (nSPS) is 19.1. The molecule has 0 radical (unpaired) electrons. The highest BCUT2D eigenvalue weighted by molar-refractivity contribution is 7.14. The molecule has 1 aliphatic heterocycles. The Morgan fingerprint density at radius 1 is 1.25 bits per heavy atom. The summed E-state index contributed by atoms with van der Waals surface area (Å²) in [6.07, 6.45) is 1.44. The Bertz CT molecular complexity index is 1080. The number of hydrogen-bond acceptors (Lipinski definition) is 7. The third-order valence-electron chi connectivity index (χ3n) is 4.63. The Balaban J connectivity index is 1.61. The van der Waals surface area contributed by atoms with Gasteiger partial charge in [-0.25, -0.2) is 9.48 Å². The maximum Gasteiger partial charge on any atom is 0.325 e. The minimum absolute atomic E-state index is 0.270. The molecule has 1 fully saturated rings. The van der Waals surface area contributed by atoms with Crippen molar-refractivity contribution >= 4 is 29.1 Å². The zero-order chi connectivity index (χ0) is 19.9. The number of nitrogens with zero attached hydrogens (tertiary/aromatic N) is 5. The maximum absolute atomic E-state index is 13.1. The molecule has 1 N–H and O–H groups in total. The van der Waals surface area contributed by atoms with Crippen LogP contribution in [-0.4, -0.2) is 49.4 Å². The van der Waals surface area contributed by atoms with E-state index in [1.165, 1.54) is 22.3 Å². The molecule has 10 heteroatoms. The lowest BCUT2D eigenvalue weighted by Crippen LogP contribution is -2.41. The second-order valence-corrected chi connectivity index (χ2v) is 7.87. The van der Waals surface area contributed by atoms with Crippen LogP contribution in [-0.2, 0) is 10.3 Å². The lowest BCUT2D eigenvalue weighted by Gasteiger charge is -2.22. The number of nitrogens with one attached hydrogen (secondary N) is 1. The number of tetrazole rings is 1. The van der Waals surface area contributed by atoms with Crippen molar-refractivity contribution in [3.05, 3.63) is 58.0 Å². The number of benzene rings is 1. The van der Waals surface area contributed by atoms with E-state index in [4.69, 9.17) is 0 Å². The van der Waals surface area contributed by atoms with Gasteiger partial charge in [-0.2, -0.15) is 0 Å². The number of Topliss-reactive ketones (excluding diaryl/α,β-unsaturated/α-hetero) is 1. The molecule has 9 nitrogen and oxygen atoms in total. The average molecular weight is 396 g/mol. The van der Waals surface area contributed by atoms with Gasteiger partial charge in [0.1, 0.15) is 11.9 Å². The van der Waals surface area contributed by atoms with Crippen molar-refractivity contribution in [1.29, 1.82) is 0 Å². The quantitative estimate of drug-likeness (QED) is 0.519. The molecular formula is C18H16N6O3S. The average Bonchev–Trinajstić information content (AvgIpc) is 3.40. The minimum Gasteiger partial charge on any atom is -0.319 e. The van der Waals surface area contributed by atoms with Gasteiger partial charge >= 0.3 is 6.03 Å². The summed E-state index contributed by atoms with van der Waals surface area (Å²) in [5.74, 6) is -0.749. The molecule has 0 bridgehead atoms. The third-order valence-corrected chi connectivity index (χ3v) is 5.67. The number of carbonyl (C=O) groups is 3. The summed E-state index contributed by atoms with van der Waals surface area (Å²) in [7, 11) is 0. The van der Waals surface area contributed by atoms with Gasteiger partial charge in [0.15, 0.2) is 5.78 Å². The molecule has 3 aromatic rings. The molecule has 3 heterocycles. The number of rotatable bonds is 5. The summed E-state index contributed by atoms with van der Waals surface area (Å²) in [5.41, 5.74) is -0.0673. The maximum atomic E-state index is 13.1. The van der Waals surface area contributed by atoms with Gasteiger partial charge in [-0.15, -0.1) is 16.4 Å². The summed E-state index contributed by atoms with van der Waals surface area (Å²) in [6, 6.07) is 9.93. The van der Waals surface area contributed by atoms with E-state index in [2.05, 4.69) is 20.8 Å². The van der Waals surface area contributed by atoms with Crippen LogP contribution in [0.1, 0.15) is 27.0 Å². The standard InChI is InChI=1S/C18H16N6O3S/c1-11-6-7-15(28-11)14(25)9-23-16(26)18(2,20-17(23)27)12-4-3-5-13(8-12)24-10-19-21-22-24/h3-8,10H,9H2,1-2H3,(H,20,27)/t18-/m0/s1. The van der Waals surface area contributed by atoms with Crippen LogP contribution in [0.2, 0.25) is 0 Å². The van der Waals surface area contributed by atoms with Crippen LogP contribution in [0, 0.1) is 6.92 Å². The van der Waals surface area contributed by atoms with E-state index >= 15 is 0 Å². The highest BCUT2D eigenvalue weighted by atomic mass is 32.1. The Morgan fingerprint density at radius 2 is 2.07 bits per heavy atom. The lowest BCUT2D eigenvalue weighted by molar-refractivity contribution is -0.130. The Kier molecular flexibility index (Phi) is 4.27. The fraction of sp³-hybridized carbons (Fsp3) is 0.222. The van der Waals surface area contributed by atoms with Crippen molar-refractivity contribution < 1.29 is 14.4 Å². The van der Waals surface area contributed by atoms with Gasteiger partial charge in [0.05, 0.1) is 17.1 Å². The molecule has 1 aliphatic rings. The van der Waals surface area contributed by atoms with Crippen LogP contribution in [0.5, 0.6) is 0 Å². The van der Waals surface area contributed by atoms with E-state index in [9.17, 15) is 14.4 Å². The van der Waals surface area contributed by atoms with E-state index in [-0.39, 0.29) is 12.3 Å². The monoisotopic (exact) mass is 396 g/mol. The summed E-state index contributed by atoms with van der Waals surface area (Å²) < 4.78 is 1.45. The molecule has 4 rings (SSSR count). The van der Waals surface area contributed by atoms with Crippen LogP contribution in [0.15, 0.2) is 42.7 Å². The summed E-state index contributed by atoms with van der Waals surface area (Å²) in [4.78, 5) is 40.5. The van der Waals surface area contributed by atoms with Crippen molar-refractivity contribution in [2.45, 2.75) is 19.4 Å². The predicted octanol–water partition coefficient (Wildman–Crippen LogP) is 1.68. The molecule has 3 amide bonds. The van der Waals surface area contributed by atoms with Gasteiger partial charge in [-0.1, -0.05) is 12.1 Å². The van der Waals surface area contributed by atoms with Crippen molar-refractivity contribution in [3.8, 4) is 5.69 Å². The highest BCUT2D eigenvalue weighted by Gasteiger charge is 2.49. The number of urea groups is 1. The molecule has 1 atom stereocenters. The van der Waals surface area contributed by atoms with Gasteiger partial charge in [0.2, 0.25) is 0 Å². The number of amides is 3. The van der Waals surface area contributed by atoms with E-state index in [0.29, 0.717) is 16.1 Å². The molecule has 1 saturated heterocycles. The largest absolute Gasteiger partial charge is 0.325 e. The van der Waals surface area contributed by atoms with Crippen LogP contribution in [0.25, 0.3) is 5.69 Å². The topological polar surface area (TPSA) is 110 Å². The van der Waals surface area contributed by atoms with E-state index in [1.807, 2.05) is 13.0 Å². The van der Waals surface area contributed by atoms with Crippen molar-refractivity contribution in [1.82, 2.24) is 30.4 Å². The molecule has 0 unspecified atom stereocenters. The fourth-order valence-electron chi connectivity index (χ4n) is 3.08. The number of ketones is 1. The highest BCUT2D eigenvalue weighted by Crippen LogP contribution is 2.30. The molecule has 0 aliphatic carbocycles. The molecule has 0 saturated carbocycles. The summed E-state index contributed by atoms with van der Waals surface area (Å²) in [5, 5.41) is 13.7. The van der Waals surface area contributed by atoms with Crippen LogP contribution < -0.4 is 5.32 Å². The first-order valence-electron chi connectivity index (χ1n) is 8.46. The SMILES string of the molecule is Cc1ccc(C(=O)CN2C(=O)N[C@@](C)(c3cccc(-n4cnnn4)c3)C2=O)s1. The second kappa shape index (κ2) is 6.64. The van der Waals surface area contributed by atoms with Gasteiger partial charge in [0, 0.05) is 4.88 Å². The number of aromatic nitrogens is 4. The molecule has 142 valence electrons. The second-order valence-electron chi connectivity index (χ2n) is 6.58. The number of hydrogen-bond donors (Lipinski definition) is 1. The third kappa shape index (κ3) is 2.97. The van der Waals surface area contributed by atoms with Crippen molar-refractivity contribution in [3.63, 3.8) is 0 Å². The minimum atomic E-state index is -1.28. The summed E-state index contributed by atoms with van der Waals surface area (Å²) in [6.45, 7) is 3.21. The van der Waals surface area contributed by atoms with E-state index in [1.54, 1.807) is 37.3 Å². The molecule has 1 aromatic carbocycles. The Labute approximate surface area is 164 Å². The Hall–Kier alpha value is -3.40. The van der Waals surface area contributed by atoms with Crippen molar-refractivity contribution in [2.75, 3.05) is 6.54 Å². The molecular weight excluding hydrogens is 380 g/mol. The number of imide groups is 1. The van der Waals surface area contributed by atoms with Gasteiger partial charge < -0.3 is 5.32 Å². The van der Waals surface area contributed by atoms with E-state index in [0.717, 1.165) is 9.78 Å². The zero-order valence-corrected chi connectivity index (χ0v) is 15.9. The smallest absolute Gasteiger partial charge is 0.319 e. The lowest BCUT2D eigenvalue weighted by atomic mass is 9.91. The molecule has 2 aromatic heterocycles. The van der Waals surface area contributed by atoms with Gasteiger partial charge in [0.25, 0.3) is 5.91 Å². The number of carbonyl (C=O) groups excluding carboxylic acids is 3. The number of aryl methyl sites for hydroxylation is 1. The van der Waals surface area contributed by atoms with Crippen LogP contribution in [0.3, 0.4) is 0 Å². The first-order chi connectivity index (χ1) is 13.4. The van der Waals surface area contributed by atoms with Gasteiger partial charge in [-0.3, -0.25) is 14.5 Å². The fourth-order valence-corrected chi connectivity index (χ4v) is 3.88. The van der Waals surface area contributed by atoms with Crippen LogP contribution >= 0.6 is 11.3 Å². The molecule has 28 heavy (non-hydrogen) atoms. The molecule has 0 spiro atoms. The zero-order valence-electron chi connectivity index (χ0n) is 15.1. The first kappa shape index (κ1) is 18.0. The first-order valence-corrected chi connectivity index (χ1v) is 9.28. The van der Waals surface area contributed by atoms with E-state index < -0.39 is 17.5 Å². The van der Waals surface area contributed by atoms with Crippen LogP contribution in [0.4, 0.5) is 4.79 Å². The van der Waals surface area contributed by atoms with Crippen molar-refractivity contribution in [2.24, 2.45) is 0 Å².